The number of unbranched alkanes of at least 4 members (excludes halogenated alkanes) is 16. The molecule has 0 rings (SSSR count). The summed E-state index contributed by atoms with van der Waals surface area (Å²) in [5.74, 6) is -1.46. The molecule has 0 radical (unpaired) electrons. The van der Waals surface area contributed by atoms with Crippen LogP contribution in [0.25, 0.3) is 0 Å². The molecule has 5 nitrogen and oxygen atoms in total. The van der Waals surface area contributed by atoms with Crippen LogP contribution in [-0.4, -0.2) is 50.2 Å². The number of quaternary nitrogens is 1. The second-order valence-electron chi connectivity index (χ2n) is 10.6. The minimum atomic E-state index is -1.17. The molecule has 0 saturated carbocycles. The zero-order valence-corrected chi connectivity index (χ0v) is 23.0. The van der Waals surface area contributed by atoms with E-state index < -0.39 is 12.1 Å². The van der Waals surface area contributed by atoms with Gasteiger partial charge in [0.25, 0.3) is 0 Å². The third kappa shape index (κ3) is 27.3. The van der Waals surface area contributed by atoms with Crippen LogP contribution in [0.3, 0.4) is 0 Å². The summed E-state index contributed by atoms with van der Waals surface area (Å²) in [6.07, 6.45) is 21.8. The van der Waals surface area contributed by atoms with Crippen LogP contribution in [0.2, 0.25) is 0 Å². The average molecular weight is 492 g/mol. The van der Waals surface area contributed by atoms with Gasteiger partial charge in [-0.3, -0.25) is 4.79 Å². The molecule has 0 aliphatic heterocycles. The molecule has 0 fully saturated rings. The van der Waals surface area contributed by atoms with E-state index in [0.717, 1.165) is 19.3 Å². The quantitative estimate of drug-likeness (QED) is 0.0967. The number of ether oxygens (including phenoxy) is 1. The molecule has 0 aliphatic rings. The lowest BCUT2D eigenvalue weighted by Crippen LogP contribution is -2.45. The van der Waals surface area contributed by atoms with E-state index in [1.54, 1.807) is 0 Å². The Bertz CT molecular complexity index is 466. The number of hydrogen-bond acceptors (Lipinski definition) is 4. The minimum absolute atomic E-state index is 0. The molecule has 1 unspecified atom stereocenters. The molecule has 0 N–H and O–H groups in total. The lowest BCUT2D eigenvalue weighted by Gasteiger charge is -2.29. The molecule has 0 bridgehead atoms. The molecule has 0 saturated heterocycles. The van der Waals surface area contributed by atoms with Crippen molar-refractivity contribution in [2.75, 3.05) is 27.7 Å². The van der Waals surface area contributed by atoms with E-state index in [2.05, 4.69) is 6.92 Å². The van der Waals surface area contributed by atoms with Crippen molar-refractivity contribution in [2.24, 2.45) is 0 Å². The van der Waals surface area contributed by atoms with E-state index in [0.29, 0.717) is 17.4 Å². The number of carbonyl (C=O) groups excluding carboxylic acids is 2. The number of rotatable bonds is 23. The van der Waals surface area contributed by atoms with Gasteiger partial charge in [-0.05, 0) is 6.42 Å². The summed E-state index contributed by atoms with van der Waals surface area (Å²) in [5.41, 5.74) is 0. The second-order valence-corrected chi connectivity index (χ2v) is 10.6. The number of esters is 1. The average Bonchev–Trinajstić information content (AvgIpc) is 2.68. The zero-order chi connectivity index (χ0) is 24.1. The van der Waals surface area contributed by atoms with Crippen LogP contribution >= 0.6 is 12.4 Å². The highest BCUT2D eigenvalue weighted by Gasteiger charge is 2.22. The number of carbonyl (C=O) groups is 2. The van der Waals surface area contributed by atoms with E-state index in [4.69, 9.17) is 4.74 Å². The Morgan fingerprint density at radius 2 is 1.06 bits per heavy atom. The number of aliphatic carboxylic acids is 1. The first kappa shape index (κ1) is 34.4. The highest BCUT2D eigenvalue weighted by Crippen LogP contribution is 2.15. The largest absolute Gasteiger partial charge is 0.550 e. The monoisotopic (exact) mass is 491 g/mol. The van der Waals surface area contributed by atoms with E-state index >= 15 is 0 Å². The number of halogens is 1. The Balaban J connectivity index is 0. The lowest BCUT2D eigenvalue weighted by molar-refractivity contribution is -0.873. The van der Waals surface area contributed by atoms with Crippen molar-refractivity contribution in [3.63, 3.8) is 0 Å². The SMILES string of the molecule is CCCCCCCCCCCCCCCCCCCC(=O)OC(CC(=O)[O-])C[N+](C)(C)C.Cl. The summed E-state index contributed by atoms with van der Waals surface area (Å²) in [5, 5.41) is 10.9. The number of nitrogens with zero attached hydrogens (tertiary/aromatic N) is 1. The summed E-state index contributed by atoms with van der Waals surface area (Å²) < 4.78 is 5.94. The van der Waals surface area contributed by atoms with E-state index in [1.807, 2.05) is 21.1 Å². The van der Waals surface area contributed by atoms with Gasteiger partial charge in [0.05, 0.1) is 21.1 Å². The molecule has 0 aromatic carbocycles. The standard InChI is InChI=1S/C27H53NO4.ClH/c1-5-6-7-8-9-10-11-12-13-14-15-16-17-18-19-20-21-22-27(31)32-25(23-26(29)30)24-28(2,3)4;/h25H,5-24H2,1-4H3;1H. The van der Waals surface area contributed by atoms with Gasteiger partial charge >= 0.3 is 5.97 Å². The molecule has 6 heteroatoms. The van der Waals surface area contributed by atoms with Gasteiger partial charge in [-0.1, -0.05) is 110 Å². The van der Waals surface area contributed by atoms with Gasteiger partial charge in [0.2, 0.25) is 0 Å². The van der Waals surface area contributed by atoms with E-state index in [-0.39, 0.29) is 24.8 Å². The maximum atomic E-state index is 12.0. The second kappa shape index (κ2) is 23.0. The fraction of sp³-hybridized carbons (Fsp3) is 0.926. The first-order valence-corrected chi connectivity index (χ1v) is 13.4. The van der Waals surface area contributed by atoms with E-state index in [9.17, 15) is 14.7 Å². The maximum absolute atomic E-state index is 12.0. The van der Waals surface area contributed by atoms with Gasteiger partial charge in [0.15, 0.2) is 6.10 Å². The third-order valence-corrected chi connectivity index (χ3v) is 5.93. The topological polar surface area (TPSA) is 66.4 Å². The van der Waals surface area contributed by atoms with Crippen molar-refractivity contribution in [1.82, 2.24) is 0 Å². The van der Waals surface area contributed by atoms with E-state index in [1.165, 1.54) is 89.9 Å². The summed E-state index contributed by atoms with van der Waals surface area (Å²) in [6, 6.07) is 0. The van der Waals surface area contributed by atoms with Crippen LogP contribution in [-0.2, 0) is 14.3 Å². The van der Waals surface area contributed by atoms with Crippen LogP contribution in [0, 0.1) is 0 Å². The molecule has 1 atom stereocenters. The van der Waals surface area contributed by atoms with Crippen molar-refractivity contribution in [3.05, 3.63) is 0 Å². The van der Waals surface area contributed by atoms with Crippen molar-refractivity contribution in [2.45, 2.75) is 135 Å². The summed E-state index contributed by atoms with van der Waals surface area (Å²) in [6.45, 7) is 2.74. The zero-order valence-electron chi connectivity index (χ0n) is 22.2. The fourth-order valence-electron chi connectivity index (χ4n) is 4.18. The maximum Gasteiger partial charge on any atom is 0.306 e. The normalized spacial score (nSPS) is 12.2. The summed E-state index contributed by atoms with van der Waals surface area (Å²) in [4.78, 5) is 22.9. The van der Waals surface area contributed by atoms with Gasteiger partial charge in [-0.2, -0.15) is 0 Å². The Hall–Kier alpha value is -0.810. The lowest BCUT2D eigenvalue weighted by atomic mass is 10.0. The summed E-state index contributed by atoms with van der Waals surface area (Å²) in [7, 11) is 5.85. The van der Waals surface area contributed by atoms with Gasteiger partial charge in [-0.25, -0.2) is 0 Å². The van der Waals surface area contributed by atoms with Gasteiger partial charge in [0.1, 0.15) is 6.54 Å². The van der Waals surface area contributed by atoms with Crippen molar-refractivity contribution in [3.8, 4) is 0 Å². The molecule has 198 valence electrons. The van der Waals surface area contributed by atoms with Crippen LogP contribution in [0.4, 0.5) is 0 Å². The molecular formula is C27H54ClNO4. The number of hydrogen-bond donors (Lipinski definition) is 0. The third-order valence-electron chi connectivity index (χ3n) is 5.93. The molecule has 33 heavy (non-hydrogen) atoms. The Morgan fingerprint density at radius 1 is 0.697 bits per heavy atom. The van der Waals surface area contributed by atoms with Gasteiger partial charge in [-0.15, -0.1) is 12.4 Å². The van der Waals surface area contributed by atoms with Crippen LogP contribution in [0.5, 0.6) is 0 Å². The molecule has 0 aliphatic carbocycles. The van der Waals surface area contributed by atoms with Crippen LogP contribution < -0.4 is 5.11 Å². The number of likely N-dealkylation sites (N-methyl/N-ethyl adjacent to an activating group) is 1. The molecule has 0 spiro atoms. The highest BCUT2D eigenvalue weighted by molar-refractivity contribution is 5.85. The van der Waals surface area contributed by atoms with Crippen molar-refractivity contribution >= 4 is 24.3 Å². The highest BCUT2D eigenvalue weighted by atomic mass is 35.5. The minimum Gasteiger partial charge on any atom is -0.550 e. The summed E-state index contributed by atoms with van der Waals surface area (Å²) >= 11 is 0. The molecule has 0 heterocycles. The number of carboxylic acids is 1. The first-order valence-electron chi connectivity index (χ1n) is 13.4. The fourth-order valence-corrected chi connectivity index (χ4v) is 4.18. The van der Waals surface area contributed by atoms with Gasteiger partial charge in [0, 0.05) is 18.8 Å². The van der Waals surface area contributed by atoms with Crippen LogP contribution in [0.1, 0.15) is 129 Å². The predicted molar refractivity (Wildman–Crippen MR) is 138 cm³/mol. The Labute approximate surface area is 211 Å². The Morgan fingerprint density at radius 3 is 1.39 bits per heavy atom. The molecule has 0 aromatic rings. The molecular weight excluding hydrogens is 438 g/mol. The van der Waals surface area contributed by atoms with Crippen molar-refractivity contribution in [1.29, 1.82) is 0 Å². The number of carboxylic acid groups (broad SMARTS) is 1. The predicted octanol–water partition coefficient (Wildman–Crippen LogP) is 6.21. The smallest absolute Gasteiger partial charge is 0.306 e. The Kier molecular flexibility index (Phi) is 23.9. The van der Waals surface area contributed by atoms with Crippen molar-refractivity contribution < 1.29 is 23.9 Å². The van der Waals surface area contributed by atoms with Gasteiger partial charge < -0.3 is 19.1 Å². The molecule has 0 aromatic heterocycles. The van der Waals surface area contributed by atoms with Crippen LogP contribution in [0.15, 0.2) is 0 Å². The molecule has 0 amide bonds. The first-order chi connectivity index (χ1) is 15.2.